The molecule has 0 saturated carbocycles. The second-order valence-corrected chi connectivity index (χ2v) is 6.98. The van der Waals surface area contributed by atoms with Crippen LogP contribution in [0.2, 0.25) is 0 Å². The molecular formula is C15H24N4S. The molecular weight excluding hydrogens is 268 g/mol. The maximum absolute atomic E-state index is 4.38. The highest BCUT2D eigenvalue weighted by atomic mass is 32.2. The molecule has 0 amide bonds. The van der Waals surface area contributed by atoms with E-state index in [0.717, 1.165) is 37.5 Å². The zero-order valence-corrected chi connectivity index (χ0v) is 12.8. The monoisotopic (exact) mass is 292 g/mol. The lowest BCUT2D eigenvalue weighted by Crippen LogP contribution is -2.43. The quantitative estimate of drug-likeness (QED) is 0.921. The van der Waals surface area contributed by atoms with E-state index in [1.54, 1.807) is 0 Å². The smallest absolute Gasteiger partial charge is 0.225 e. The Hall–Kier alpha value is -0.810. The summed E-state index contributed by atoms with van der Waals surface area (Å²) in [5.41, 5.74) is 0. The molecule has 0 bridgehead atoms. The van der Waals surface area contributed by atoms with Crippen molar-refractivity contribution in [1.29, 1.82) is 0 Å². The first-order valence-corrected chi connectivity index (χ1v) is 8.90. The van der Waals surface area contributed by atoms with Crippen LogP contribution in [0.3, 0.4) is 0 Å². The molecule has 3 rings (SSSR count). The molecule has 110 valence electrons. The summed E-state index contributed by atoms with van der Waals surface area (Å²) in [5.74, 6) is 4.27. The molecule has 20 heavy (non-hydrogen) atoms. The zero-order valence-electron chi connectivity index (χ0n) is 12.0. The van der Waals surface area contributed by atoms with E-state index in [1.165, 1.54) is 37.2 Å². The predicted molar refractivity (Wildman–Crippen MR) is 85.3 cm³/mol. The third kappa shape index (κ3) is 3.85. The molecule has 0 aliphatic carbocycles. The van der Waals surface area contributed by atoms with Crippen molar-refractivity contribution in [3.8, 4) is 0 Å². The average molecular weight is 292 g/mol. The molecule has 2 aliphatic heterocycles. The molecule has 4 nitrogen and oxygen atoms in total. The van der Waals surface area contributed by atoms with Crippen LogP contribution >= 0.6 is 11.8 Å². The van der Waals surface area contributed by atoms with Gasteiger partial charge in [0.2, 0.25) is 5.95 Å². The maximum Gasteiger partial charge on any atom is 0.225 e. The Bertz CT molecular complexity index is 394. The van der Waals surface area contributed by atoms with Gasteiger partial charge in [-0.2, -0.15) is 11.8 Å². The van der Waals surface area contributed by atoms with E-state index in [0.29, 0.717) is 0 Å². The Labute approximate surface area is 125 Å². The van der Waals surface area contributed by atoms with Crippen LogP contribution in [0.15, 0.2) is 18.5 Å². The average Bonchev–Trinajstić information content (AvgIpc) is 2.55. The number of thioether (sulfide) groups is 1. The lowest BCUT2D eigenvalue weighted by atomic mass is 9.97. The molecule has 0 spiro atoms. The molecule has 5 heteroatoms. The standard InChI is InChI=1S/C15H24N4S/c1-4-13(10-18-14-5-2-9-20-12-14)11-19(8-1)15-16-6-3-7-17-15/h3,6-7,13-14,18H,1-2,4-5,8-12H2. The van der Waals surface area contributed by atoms with Crippen molar-refractivity contribution in [1.82, 2.24) is 15.3 Å². The van der Waals surface area contributed by atoms with Gasteiger partial charge in [0.1, 0.15) is 0 Å². The van der Waals surface area contributed by atoms with Crippen molar-refractivity contribution in [2.24, 2.45) is 5.92 Å². The van der Waals surface area contributed by atoms with Crippen molar-refractivity contribution in [3.63, 3.8) is 0 Å². The summed E-state index contributed by atoms with van der Waals surface area (Å²) in [7, 11) is 0. The van der Waals surface area contributed by atoms with Gasteiger partial charge in [0.05, 0.1) is 0 Å². The Morgan fingerprint density at radius 2 is 2.15 bits per heavy atom. The van der Waals surface area contributed by atoms with Crippen LogP contribution in [0.5, 0.6) is 0 Å². The van der Waals surface area contributed by atoms with Crippen molar-refractivity contribution in [3.05, 3.63) is 18.5 Å². The van der Waals surface area contributed by atoms with Gasteiger partial charge in [-0.05, 0) is 50.0 Å². The van der Waals surface area contributed by atoms with Gasteiger partial charge in [-0.3, -0.25) is 0 Å². The van der Waals surface area contributed by atoms with E-state index in [9.17, 15) is 0 Å². The number of nitrogens with one attached hydrogen (secondary N) is 1. The summed E-state index contributed by atoms with van der Waals surface area (Å²) >= 11 is 2.09. The summed E-state index contributed by atoms with van der Waals surface area (Å²) in [6.45, 7) is 3.34. The lowest BCUT2D eigenvalue weighted by molar-refractivity contribution is 0.366. The van der Waals surface area contributed by atoms with Gasteiger partial charge in [-0.25, -0.2) is 9.97 Å². The molecule has 1 aromatic rings. The van der Waals surface area contributed by atoms with E-state index >= 15 is 0 Å². The Balaban J connectivity index is 1.48. The van der Waals surface area contributed by atoms with Gasteiger partial charge in [0.15, 0.2) is 0 Å². The molecule has 2 unspecified atom stereocenters. The summed E-state index contributed by atoms with van der Waals surface area (Å²) < 4.78 is 0. The van der Waals surface area contributed by atoms with Crippen molar-refractivity contribution in [2.75, 3.05) is 36.0 Å². The fourth-order valence-corrected chi connectivity index (χ4v) is 4.21. The van der Waals surface area contributed by atoms with Gasteiger partial charge in [0.25, 0.3) is 0 Å². The first kappa shape index (κ1) is 14.1. The normalized spacial score (nSPS) is 27.5. The largest absolute Gasteiger partial charge is 0.341 e. The highest BCUT2D eigenvalue weighted by Gasteiger charge is 2.22. The van der Waals surface area contributed by atoms with Crippen molar-refractivity contribution in [2.45, 2.75) is 31.7 Å². The first-order valence-electron chi connectivity index (χ1n) is 7.75. The second-order valence-electron chi connectivity index (χ2n) is 5.83. The molecule has 2 fully saturated rings. The minimum atomic E-state index is 0.733. The van der Waals surface area contributed by atoms with Crippen molar-refractivity contribution >= 4 is 17.7 Å². The van der Waals surface area contributed by atoms with Crippen molar-refractivity contribution < 1.29 is 0 Å². The summed E-state index contributed by atoms with van der Waals surface area (Å²) in [5, 5.41) is 3.78. The van der Waals surface area contributed by atoms with E-state index in [4.69, 9.17) is 0 Å². The van der Waals surface area contributed by atoms with Crippen LogP contribution in [0.4, 0.5) is 5.95 Å². The highest BCUT2D eigenvalue weighted by molar-refractivity contribution is 7.99. The minimum Gasteiger partial charge on any atom is -0.341 e. The number of hydrogen-bond donors (Lipinski definition) is 1. The predicted octanol–water partition coefficient (Wildman–Crippen LogP) is 2.18. The number of piperidine rings is 1. The zero-order chi connectivity index (χ0) is 13.6. The molecule has 3 heterocycles. The highest BCUT2D eigenvalue weighted by Crippen LogP contribution is 2.21. The fourth-order valence-electron chi connectivity index (χ4n) is 3.10. The third-order valence-corrected chi connectivity index (χ3v) is 5.42. The van der Waals surface area contributed by atoms with Crippen LogP contribution in [0.25, 0.3) is 0 Å². The molecule has 1 aromatic heterocycles. The van der Waals surface area contributed by atoms with Crippen LogP contribution in [-0.2, 0) is 0 Å². The topological polar surface area (TPSA) is 41.1 Å². The first-order chi connectivity index (χ1) is 9.92. The van der Waals surface area contributed by atoms with Crippen LogP contribution in [-0.4, -0.2) is 47.1 Å². The van der Waals surface area contributed by atoms with E-state index < -0.39 is 0 Å². The molecule has 2 atom stereocenters. The van der Waals surface area contributed by atoms with Gasteiger partial charge in [-0.15, -0.1) is 0 Å². The Morgan fingerprint density at radius 1 is 1.25 bits per heavy atom. The van der Waals surface area contributed by atoms with E-state index in [-0.39, 0.29) is 0 Å². The SMILES string of the molecule is c1cnc(N2CCCC(CNC3CCCSC3)C2)nc1. The summed E-state index contributed by atoms with van der Waals surface area (Å²) in [6.07, 6.45) is 8.98. The summed E-state index contributed by atoms with van der Waals surface area (Å²) in [4.78, 5) is 11.1. The lowest BCUT2D eigenvalue weighted by Gasteiger charge is -2.34. The second kappa shape index (κ2) is 7.27. The van der Waals surface area contributed by atoms with Crippen LogP contribution < -0.4 is 10.2 Å². The van der Waals surface area contributed by atoms with Gasteiger partial charge < -0.3 is 10.2 Å². The summed E-state index contributed by atoms with van der Waals surface area (Å²) in [6, 6.07) is 2.62. The number of aromatic nitrogens is 2. The van der Waals surface area contributed by atoms with Gasteiger partial charge in [-0.1, -0.05) is 0 Å². The molecule has 0 aromatic carbocycles. The minimum absolute atomic E-state index is 0.733. The maximum atomic E-state index is 4.38. The van der Waals surface area contributed by atoms with Crippen LogP contribution in [0, 0.1) is 5.92 Å². The van der Waals surface area contributed by atoms with E-state index in [2.05, 4.69) is 31.9 Å². The van der Waals surface area contributed by atoms with Gasteiger partial charge in [0, 0.05) is 37.3 Å². The third-order valence-electron chi connectivity index (χ3n) is 4.21. The molecule has 1 N–H and O–H groups in total. The molecule has 2 saturated heterocycles. The Kier molecular flexibility index (Phi) is 5.14. The van der Waals surface area contributed by atoms with E-state index in [1.807, 2.05) is 18.5 Å². The number of hydrogen-bond acceptors (Lipinski definition) is 5. The molecule has 2 aliphatic rings. The number of rotatable bonds is 4. The van der Waals surface area contributed by atoms with Gasteiger partial charge >= 0.3 is 0 Å². The number of nitrogens with zero attached hydrogens (tertiary/aromatic N) is 3. The molecule has 0 radical (unpaired) electrons. The fraction of sp³-hybridized carbons (Fsp3) is 0.733. The Morgan fingerprint density at radius 3 is 2.95 bits per heavy atom. The number of anilines is 1. The van der Waals surface area contributed by atoms with Crippen LogP contribution in [0.1, 0.15) is 25.7 Å².